The van der Waals surface area contributed by atoms with E-state index in [1.807, 2.05) is 0 Å². The molecule has 0 aliphatic heterocycles. The SMILES string of the molecule is NC(c1ccc(F)cc1)c1c(F)cccc1Br. The molecule has 0 saturated heterocycles. The van der Waals surface area contributed by atoms with Crippen molar-refractivity contribution >= 4 is 15.9 Å². The molecule has 88 valence electrons. The zero-order valence-corrected chi connectivity index (χ0v) is 10.4. The van der Waals surface area contributed by atoms with Gasteiger partial charge in [-0.05, 0) is 29.8 Å². The molecule has 1 nitrogen and oxygen atoms in total. The van der Waals surface area contributed by atoms with E-state index in [2.05, 4.69) is 15.9 Å². The molecular weight excluding hydrogens is 288 g/mol. The summed E-state index contributed by atoms with van der Waals surface area (Å²) in [6.45, 7) is 0. The normalized spacial score (nSPS) is 12.5. The first-order chi connectivity index (χ1) is 8.09. The third-order valence-electron chi connectivity index (χ3n) is 2.54. The lowest BCUT2D eigenvalue weighted by molar-refractivity contribution is 0.597. The average molecular weight is 298 g/mol. The molecule has 0 bridgehead atoms. The topological polar surface area (TPSA) is 26.0 Å². The quantitative estimate of drug-likeness (QED) is 0.897. The van der Waals surface area contributed by atoms with E-state index in [0.717, 1.165) is 0 Å². The van der Waals surface area contributed by atoms with E-state index < -0.39 is 6.04 Å². The number of hydrogen-bond acceptors (Lipinski definition) is 1. The van der Waals surface area contributed by atoms with E-state index in [1.54, 1.807) is 24.3 Å². The van der Waals surface area contributed by atoms with Crippen molar-refractivity contribution in [3.8, 4) is 0 Å². The predicted molar refractivity (Wildman–Crippen MR) is 66.5 cm³/mol. The van der Waals surface area contributed by atoms with Gasteiger partial charge in [-0.1, -0.05) is 34.1 Å². The molecule has 2 rings (SSSR count). The summed E-state index contributed by atoms with van der Waals surface area (Å²) in [4.78, 5) is 0. The fraction of sp³-hybridized carbons (Fsp3) is 0.0769. The third kappa shape index (κ3) is 2.53. The molecule has 0 amide bonds. The Kier molecular flexibility index (Phi) is 3.54. The van der Waals surface area contributed by atoms with Gasteiger partial charge in [-0.2, -0.15) is 0 Å². The van der Waals surface area contributed by atoms with Gasteiger partial charge in [0.1, 0.15) is 11.6 Å². The lowest BCUT2D eigenvalue weighted by Crippen LogP contribution is -2.14. The van der Waals surface area contributed by atoms with Crippen LogP contribution >= 0.6 is 15.9 Å². The largest absolute Gasteiger partial charge is 0.320 e. The highest BCUT2D eigenvalue weighted by Gasteiger charge is 2.16. The van der Waals surface area contributed by atoms with Crippen molar-refractivity contribution in [3.05, 3.63) is 69.7 Å². The summed E-state index contributed by atoms with van der Waals surface area (Å²) in [5, 5.41) is 0. The van der Waals surface area contributed by atoms with Crippen molar-refractivity contribution in [2.24, 2.45) is 5.73 Å². The van der Waals surface area contributed by atoms with Crippen LogP contribution in [0.4, 0.5) is 8.78 Å². The minimum atomic E-state index is -0.619. The minimum absolute atomic E-state index is 0.339. The fourth-order valence-corrected chi connectivity index (χ4v) is 2.23. The molecule has 0 saturated carbocycles. The first kappa shape index (κ1) is 12.2. The number of benzene rings is 2. The van der Waals surface area contributed by atoms with Gasteiger partial charge >= 0.3 is 0 Å². The minimum Gasteiger partial charge on any atom is -0.320 e. The first-order valence-electron chi connectivity index (χ1n) is 5.04. The fourth-order valence-electron chi connectivity index (χ4n) is 1.64. The number of hydrogen-bond donors (Lipinski definition) is 1. The lowest BCUT2D eigenvalue weighted by atomic mass is 9.99. The van der Waals surface area contributed by atoms with Crippen LogP contribution in [0.25, 0.3) is 0 Å². The first-order valence-corrected chi connectivity index (χ1v) is 5.84. The van der Waals surface area contributed by atoms with Gasteiger partial charge in [0.25, 0.3) is 0 Å². The van der Waals surface area contributed by atoms with Crippen molar-refractivity contribution in [1.82, 2.24) is 0 Å². The highest BCUT2D eigenvalue weighted by atomic mass is 79.9. The van der Waals surface area contributed by atoms with Crippen molar-refractivity contribution in [3.63, 3.8) is 0 Å². The summed E-state index contributed by atoms with van der Waals surface area (Å²) in [5.41, 5.74) is 7.01. The van der Waals surface area contributed by atoms with Crippen LogP contribution in [0.1, 0.15) is 17.2 Å². The summed E-state index contributed by atoms with van der Waals surface area (Å²) in [6.07, 6.45) is 0. The zero-order chi connectivity index (χ0) is 12.4. The molecule has 0 spiro atoms. The summed E-state index contributed by atoms with van der Waals surface area (Å²) >= 11 is 3.27. The molecule has 0 heterocycles. The Morgan fingerprint density at radius 2 is 1.65 bits per heavy atom. The average Bonchev–Trinajstić information content (AvgIpc) is 2.29. The third-order valence-corrected chi connectivity index (χ3v) is 3.23. The van der Waals surface area contributed by atoms with Gasteiger partial charge in [-0.3, -0.25) is 0 Å². The molecular formula is C13H10BrF2N. The monoisotopic (exact) mass is 297 g/mol. The van der Waals surface area contributed by atoms with Gasteiger partial charge in [0, 0.05) is 10.0 Å². The van der Waals surface area contributed by atoms with Crippen molar-refractivity contribution in [2.75, 3.05) is 0 Å². The van der Waals surface area contributed by atoms with E-state index >= 15 is 0 Å². The molecule has 1 atom stereocenters. The van der Waals surface area contributed by atoms with Crippen LogP contribution < -0.4 is 5.73 Å². The van der Waals surface area contributed by atoms with Gasteiger partial charge in [-0.15, -0.1) is 0 Å². The van der Waals surface area contributed by atoms with E-state index in [9.17, 15) is 8.78 Å². The Balaban J connectivity index is 2.43. The molecule has 0 fully saturated rings. The Morgan fingerprint density at radius 1 is 1.00 bits per heavy atom. The maximum absolute atomic E-state index is 13.7. The van der Waals surface area contributed by atoms with E-state index in [4.69, 9.17) is 5.73 Å². The maximum atomic E-state index is 13.7. The van der Waals surface area contributed by atoms with Gasteiger partial charge in [0.15, 0.2) is 0 Å². The van der Waals surface area contributed by atoms with Crippen LogP contribution in [0.2, 0.25) is 0 Å². The molecule has 0 radical (unpaired) electrons. The van der Waals surface area contributed by atoms with Gasteiger partial charge < -0.3 is 5.73 Å². The van der Waals surface area contributed by atoms with Crippen molar-refractivity contribution < 1.29 is 8.78 Å². The molecule has 2 aromatic rings. The van der Waals surface area contributed by atoms with E-state index in [-0.39, 0.29) is 11.6 Å². The highest BCUT2D eigenvalue weighted by Crippen LogP contribution is 2.29. The van der Waals surface area contributed by atoms with Gasteiger partial charge in [0.2, 0.25) is 0 Å². The Morgan fingerprint density at radius 3 is 2.24 bits per heavy atom. The van der Waals surface area contributed by atoms with Gasteiger partial charge in [-0.25, -0.2) is 8.78 Å². The Labute approximate surface area is 106 Å². The van der Waals surface area contributed by atoms with Crippen molar-refractivity contribution in [1.29, 1.82) is 0 Å². The Bertz CT molecular complexity index is 505. The zero-order valence-electron chi connectivity index (χ0n) is 8.83. The van der Waals surface area contributed by atoms with Crippen LogP contribution in [-0.2, 0) is 0 Å². The van der Waals surface area contributed by atoms with Crippen LogP contribution in [0, 0.1) is 11.6 Å². The maximum Gasteiger partial charge on any atom is 0.129 e. The smallest absolute Gasteiger partial charge is 0.129 e. The van der Waals surface area contributed by atoms with Crippen LogP contribution in [0.15, 0.2) is 46.9 Å². The van der Waals surface area contributed by atoms with Gasteiger partial charge in [0.05, 0.1) is 6.04 Å². The lowest BCUT2D eigenvalue weighted by Gasteiger charge is -2.15. The molecule has 2 aromatic carbocycles. The number of nitrogens with two attached hydrogens (primary N) is 1. The second-order valence-electron chi connectivity index (χ2n) is 3.66. The Hall–Kier alpha value is -1.26. The molecule has 2 N–H and O–H groups in total. The molecule has 1 unspecified atom stereocenters. The standard InChI is InChI=1S/C13H10BrF2N/c14-10-2-1-3-11(16)12(10)13(17)8-4-6-9(15)7-5-8/h1-7,13H,17H2. The second-order valence-corrected chi connectivity index (χ2v) is 4.52. The molecule has 4 heteroatoms. The number of halogens is 3. The van der Waals surface area contributed by atoms with Crippen LogP contribution in [-0.4, -0.2) is 0 Å². The second kappa shape index (κ2) is 4.94. The molecule has 0 aromatic heterocycles. The predicted octanol–water partition coefficient (Wildman–Crippen LogP) is 3.78. The van der Waals surface area contributed by atoms with Crippen molar-refractivity contribution in [2.45, 2.75) is 6.04 Å². The summed E-state index contributed by atoms with van der Waals surface area (Å²) in [6, 6.07) is 9.78. The number of rotatable bonds is 2. The van der Waals surface area contributed by atoms with Crippen LogP contribution in [0.3, 0.4) is 0 Å². The van der Waals surface area contributed by atoms with Crippen LogP contribution in [0.5, 0.6) is 0 Å². The highest BCUT2D eigenvalue weighted by molar-refractivity contribution is 9.10. The summed E-state index contributed by atoms with van der Waals surface area (Å²) in [5.74, 6) is -0.718. The molecule has 17 heavy (non-hydrogen) atoms. The molecule has 0 aliphatic rings. The van der Waals surface area contributed by atoms with E-state index in [0.29, 0.717) is 15.6 Å². The summed E-state index contributed by atoms with van der Waals surface area (Å²) in [7, 11) is 0. The van der Waals surface area contributed by atoms with E-state index in [1.165, 1.54) is 18.2 Å². The molecule has 0 aliphatic carbocycles. The summed E-state index contributed by atoms with van der Waals surface area (Å²) < 4.78 is 27.1.